The predicted octanol–water partition coefficient (Wildman–Crippen LogP) is 5.66. The van der Waals surface area contributed by atoms with Gasteiger partial charge in [-0.25, -0.2) is 4.79 Å². The summed E-state index contributed by atoms with van der Waals surface area (Å²) >= 11 is 2.91. The van der Waals surface area contributed by atoms with Crippen LogP contribution in [-0.2, 0) is 12.0 Å². The molecule has 0 aliphatic carbocycles. The Morgan fingerprint density at radius 2 is 1.74 bits per heavy atom. The minimum absolute atomic E-state index is 0.0240. The first-order valence-electron chi connectivity index (χ1n) is 8.64. The number of nitrogens with one attached hydrogen (secondary N) is 2. The number of thiophene rings is 2. The average Bonchev–Trinajstić information content (AvgIpc) is 3.31. The molecule has 27 heavy (non-hydrogen) atoms. The van der Waals surface area contributed by atoms with Crippen molar-refractivity contribution in [2.24, 2.45) is 0 Å². The summed E-state index contributed by atoms with van der Waals surface area (Å²) in [4.78, 5) is 26.0. The number of hydrogen-bond acceptors (Lipinski definition) is 4. The molecule has 0 atom stereocenters. The summed E-state index contributed by atoms with van der Waals surface area (Å²) < 4.78 is 0. The Bertz CT molecular complexity index is 920. The van der Waals surface area contributed by atoms with Gasteiger partial charge in [0.2, 0.25) is 5.78 Å². The van der Waals surface area contributed by atoms with Gasteiger partial charge in [-0.05, 0) is 46.7 Å². The minimum atomic E-state index is -0.266. The van der Waals surface area contributed by atoms with E-state index < -0.39 is 0 Å². The maximum Gasteiger partial charge on any atom is 0.319 e. The third-order valence-corrected chi connectivity index (χ3v) is 5.87. The van der Waals surface area contributed by atoms with Gasteiger partial charge in [0.1, 0.15) is 0 Å². The molecule has 0 unspecified atom stereocenters. The molecule has 1 aromatic carbocycles. The van der Waals surface area contributed by atoms with Crippen molar-refractivity contribution in [1.82, 2.24) is 5.32 Å². The number of rotatable bonds is 5. The molecule has 4 nitrogen and oxygen atoms in total. The largest absolute Gasteiger partial charge is 0.333 e. The van der Waals surface area contributed by atoms with E-state index >= 15 is 0 Å². The lowest BCUT2D eigenvalue weighted by Gasteiger charge is -2.19. The number of hydrogen-bond donors (Lipinski definition) is 2. The number of benzene rings is 1. The normalized spacial score (nSPS) is 11.2. The van der Waals surface area contributed by atoms with E-state index in [2.05, 4.69) is 31.4 Å². The topological polar surface area (TPSA) is 58.2 Å². The number of amides is 2. The van der Waals surface area contributed by atoms with E-state index in [9.17, 15) is 9.59 Å². The van der Waals surface area contributed by atoms with E-state index in [-0.39, 0.29) is 17.2 Å². The molecule has 2 heterocycles. The Morgan fingerprint density at radius 3 is 2.37 bits per heavy atom. The van der Waals surface area contributed by atoms with Gasteiger partial charge in [-0.2, -0.15) is 11.3 Å². The Kier molecular flexibility index (Phi) is 5.77. The molecule has 3 rings (SSSR count). The van der Waals surface area contributed by atoms with Gasteiger partial charge in [-0.15, -0.1) is 11.3 Å². The Hall–Kier alpha value is -2.44. The van der Waals surface area contributed by atoms with Crippen molar-refractivity contribution in [2.45, 2.75) is 32.7 Å². The molecule has 0 aliphatic rings. The highest BCUT2D eigenvalue weighted by Gasteiger charge is 2.14. The number of ketones is 1. The molecule has 140 valence electrons. The maximum absolute atomic E-state index is 12.3. The first-order valence-corrected chi connectivity index (χ1v) is 10.4. The van der Waals surface area contributed by atoms with Gasteiger partial charge in [0, 0.05) is 21.5 Å². The van der Waals surface area contributed by atoms with Crippen molar-refractivity contribution < 1.29 is 9.59 Å². The van der Waals surface area contributed by atoms with E-state index in [0.29, 0.717) is 17.0 Å². The van der Waals surface area contributed by atoms with Crippen LogP contribution in [0.15, 0.2) is 53.2 Å². The van der Waals surface area contributed by atoms with Crippen LogP contribution in [0.25, 0.3) is 0 Å². The first-order chi connectivity index (χ1) is 12.8. The van der Waals surface area contributed by atoms with Crippen LogP contribution in [0.5, 0.6) is 0 Å². The highest BCUT2D eigenvalue weighted by molar-refractivity contribution is 7.14. The molecule has 0 fully saturated rings. The quantitative estimate of drug-likeness (QED) is 0.545. The highest BCUT2D eigenvalue weighted by Crippen LogP contribution is 2.24. The Morgan fingerprint density at radius 1 is 1.00 bits per heavy atom. The molecule has 2 aromatic heterocycles. The lowest BCUT2D eigenvalue weighted by molar-refractivity contribution is 0.104. The van der Waals surface area contributed by atoms with E-state index in [0.717, 1.165) is 10.6 Å². The van der Waals surface area contributed by atoms with Crippen molar-refractivity contribution in [1.29, 1.82) is 0 Å². The van der Waals surface area contributed by atoms with Crippen molar-refractivity contribution in [3.63, 3.8) is 0 Å². The Labute approximate surface area is 167 Å². The molecule has 0 saturated heterocycles. The van der Waals surface area contributed by atoms with Gasteiger partial charge in [-0.1, -0.05) is 32.9 Å². The summed E-state index contributed by atoms with van der Waals surface area (Å²) in [5.41, 5.74) is 2.76. The monoisotopic (exact) mass is 398 g/mol. The molecular formula is C21H22N2O2S2. The first kappa shape index (κ1) is 19.3. The van der Waals surface area contributed by atoms with Crippen LogP contribution in [0.4, 0.5) is 10.5 Å². The lowest BCUT2D eigenvalue weighted by atomic mass is 9.87. The number of anilines is 1. The zero-order valence-corrected chi connectivity index (χ0v) is 17.2. The second kappa shape index (κ2) is 8.06. The maximum atomic E-state index is 12.3. The van der Waals surface area contributed by atoms with Crippen LogP contribution in [0, 0.1) is 0 Å². The standard InChI is InChI=1S/C21H22N2O2S2/c1-21(2,3)15-4-6-16(7-5-15)23-20(25)22-12-17-8-9-18(27-17)19(24)14-10-11-26-13-14/h4-11,13H,12H2,1-3H3,(H2,22,23,25). The average molecular weight is 399 g/mol. The van der Waals surface area contributed by atoms with Gasteiger partial charge in [0.15, 0.2) is 0 Å². The van der Waals surface area contributed by atoms with Crippen molar-refractivity contribution in [3.05, 3.63) is 74.1 Å². The van der Waals surface area contributed by atoms with Crippen LogP contribution >= 0.6 is 22.7 Å². The summed E-state index contributed by atoms with van der Waals surface area (Å²) in [6, 6.07) is 13.1. The molecule has 3 aromatic rings. The van der Waals surface area contributed by atoms with Gasteiger partial charge < -0.3 is 10.6 Å². The molecule has 0 radical (unpaired) electrons. The Balaban J connectivity index is 1.53. The molecular weight excluding hydrogens is 376 g/mol. The zero-order chi connectivity index (χ0) is 19.4. The molecule has 2 amide bonds. The fourth-order valence-corrected chi connectivity index (χ4v) is 4.07. The van der Waals surface area contributed by atoms with Crippen LogP contribution in [0.2, 0.25) is 0 Å². The van der Waals surface area contributed by atoms with Crippen molar-refractivity contribution in [2.75, 3.05) is 5.32 Å². The lowest BCUT2D eigenvalue weighted by Crippen LogP contribution is -2.27. The molecule has 6 heteroatoms. The van der Waals surface area contributed by atoms with E-state index in [4.69, 9.17) is 0 Å². The van der Waals surface area contributed by atoms with E-state index in [1.165, 1.54) is 28.2 Å². The van der Waals surface area contributed by atoms with Gasteiger partial charge >= 0.3 is 6.03 Å². The van der Waals surface area contributed by atoms with Crippen LogP contribution in [0.1, 0.15) is 46.4 Å². The summed E-state index contributed by atoms with van der Waals surface area (Å²) in [6.45, 7) is 6.84. The summed E-state index contributed by atoms with van der Waals surface area (Å²) in [5.74, 6) is 0.0240. The van der Waals surface area contributed by atoms with Crippen LogP contribution < -0.4 is 10.6 Å². The van der Waals surface area contributed by atoms with E-state index in [1.807, 2.05) is 53.2 Å². The summed E-state index contributed by atoms with van der Waals surface area (Å²) in [7, 11) is 0. The number of carbonyl (C=O) groups excluding carboxylic acids is 2. The minimum Gasteiger partial charge on any atom is -0.333 e. The third kappa shape index (κ3) is 5.05. The summed E-state index contributed by atoms with van der Waals surface area (Å²) in [6.07, 6.45) is 0. The van der Waals surface area contributed by atoms with E-state index in [1.54, 1.807) is 0 Å². The predicted molar refractivity (Wildman–Crippen MR) is 113 cm³/mol. The molecule has 0 spiro atoms. The molecule has 0 saturated carbocycles. The van der Waals surface area contributed by atoms with Crippen molar-refractivity contribution in [3.8, 4) is 0 Å². The molecule has 2 N–H and O–H groups in total. The van der Waals surface area contributed by atoms with Crippen molar-refractivity contribution >= 4 is 40.2 Å². The van der Waals surface area contributed by atoms with Gasteiger partial charge in [0.25, 0.3) is 0 Å². The zero-order valence-electron chi connectivity index (χ0n) is 15.5. The van der Waals surface area contributed by atoms with Gasteiger partial charge in [0.05, 0.1) is 11.4 Å². The number of carbonyl (C=O) groups is 2. The summed E-state index contributed by atoms with van der Waals surface area (Å²) in [5, 5.41) is 9.40. The second-order valence-corrected chi connectivity index (χ2v) is 9.19. The fourth-order valence-electron chi connectivity index (χ4n) is 2.53. The number of urea groups is 1. The molecule has 0 bridgehead atoms. The third-order valence-electron chi connectivity index (χ3n) is 4.10. The van der Waals surface area contributed by atoms with Crippen LogP contribution in [0.3, 0.4) is 0 Å². The smallest absolute Gasteiger partial charge is 0.319 e. The van der Waals surface area contributed by atoms with Crippen LogP contribution in [-0.4, -0.2) is 11.8 Å². The fraction of sp³-hybridized carbons (Fsp3) is 0.238. The highest BCUT2D eigenvalue weighted by atomic mass is 32.1. The SMILES string of the molecule is CC(C)(C)c1ccc(NC(=O)NCc2ccc(C(=O)c3ccsc3)s2)cc1. The molecule has 0 aliphatic heterocycles. The van der Waals surface area contributed by atoms with Gasteiger partial charge in [-0.3, -0.25) is 4.79 Å². The second-order valence-electron chi connectivity index (χ2n) is 7.24.